The van der Waals surface area contributed by atoms with E-state index in [9.17, 15) is 12.8 Å². The van der Waals surface area contributed by atoms with E-state index in [0.717, 1.165) is 53.9 Å². The van der Waals surface area contributed by atoms with E-state index >= 15 is 0 Å². The molecule has 1 aliphatic heterocycles. The second-order valence-electron chi connectivity index (χ2n) is 9.99. The van der Waals surface area contributed by atoms with Gasteiger partial charge in [0.25, 0.3) is 0 Å². The van der Waals surface area contributed by atoms with Gasteiger partial charge in [0, 0.05) is 35.1 Å². The van der Waals surface area contributed by atoms with Crippen molar-refractivity contribution in [1.29, 1.82) is 0 Å². The van der Waals surface area contributed by atoms with Crippen LogP contribution in [0.5, 0.6) is 5.75 Å². The lowest BCUT2D eigenvalue weighted by Gasteiger charge is -2.33. The standard InChI is InChI=1S/C25H28FN5O3S/c1-25(2)7-6-20-19(12-25)24(29-15-28-20)31-8-9-34-22-5-4-16(10-18(22)14-31)17-11-21(23(26)27-13-17)30-35(3,32)33/h4-5,10-11,13,15,30H,6-9,12,14H2,1-3H3. The SMILES string of the molecule is CC1(C)CCc2ncnc(N3CCOc4ccc(-c5cnc(F)c(NS(C)(=O)=O)c5)cc4C3)c2C1. The number of benzene rings is 1. The minimum Gasteiger partial charge on any atom is -0.491 e. The van der Waals surface area contributed by atoms with Crippen LogP contribution in [0.1, 0.15) is 37.1 Å². The highest BCUT2D eigenvalue weighted by Crippen LogP contribution is 2.39. The Labute approximate surface area is 204 Å². The van der Waals surface area contributed by atoms with Gasteiger partial charge in [0.05, 0.1) is 12.8 Å². The van der Waals surface area contributed by atoms with Gasteiger partial charge in [-0.25, -0.2) is 23.4 Å². The Morgan fingerprint density at radius 3 is 2.77 bits per heavy atom. The third-order valence-electron chi connectivity index (χ3n) is 6.51. The summed E-state index contributed by atoms with van der Waals surface area (Å²) in [4.78, 5) is 15.2. The summed E-state index contributed by atoms with van der Waals surface area (Å²) in [6.45, 7) is 6.37. The van der Waals surface area contributed by atoms with Crippen LogP contribution in [-0.4, -0.2) is 42.8 Å². The van der Waals surface area contributed by atoms with Gasteiger partial charge < -0.3 is 9.64 Å². The molecule has 2 aromatic heterocycles. The van der Waals surface area contributed by atoms with Crippen molar-refractivity contribution in [2.75, 3.05) is 29.0 Å². The zero-order valence-corrected chi connectivity index (χ0v) is 20.8. The van der Waals surface area contributed by atoms with Crippen LogP contribution >= 0.6 is 0 Å². The first-order valence-corrected chi connectivity index (χ1v) is 13.4. The zero-order chi connectivity index (χ0) is 24.8. The maximum atomic E-state index is 14.1. The average Bonchev–Trinajstić information content (AvgIpc) is 3.00. The quantitative estimate of drug-likeness (QED) is 0.545. The second-order valence-corrected chi connectivity index (χ2v) is 11.7. The minimum absolute atomic E-state index is 0.187. The van der Waals surface area contributed by atoms with Gasteiger partial charge in [0.1, 0.15) is 30.2 Å². The van der Waals surface area contributed by atoms with Gasteiger partial charge in [0.2, 0.25) is 16.0 Å². The van der Waals surface area contributed by atoms with Gasteiger partial charge in [-0.2, -0.15) is 4.39 Å². The van der Waals surface area contributed by atoms with Gasteiger partial charge in [-0.3, -0.25) is 4.72 Å². The van der Waals surface area contributed by atoms with Crippen LogP contribution in [0.25, 0.3) is 11.1 Å². The van der Waals surface area contributed by atoms with Crippen LogP contribution in [0.15, 0.2) is 36.8 Å². The fraction of sp³-hybridized carbons (Fsp3) is 0.400. The molecule has 0 saturated carbocycles. The molecule has 5 rings (SSSR count). The Kier molecular flexibility index (Phi) is 5.86. The maximum absolute atomic E-state index is 14.1. The van der Waals surface area contributed by atoms with Crippen LogP contribution in [-0.2, 0) is 29.4 Å². The third kappa shape index (κ3) is 5.07. The number of aryl methyl sites for hydroxylation is 1. The molecule has 3 aromatic rings. The van der Waals surface area contributed by atoms with Crippen molar-refractivity contribution in [3.05, 3.63) is 59.6 Å². The highest BCUT2D eigenvalue weighted by atomic mass is 32.2. The van der Waals surface area contributed by atoms with E-state index in [-0.39, 0.29) is 11.1 Å². The zero-order valence-electron chi connectivity index (χ0n) is 20.0. The molecule has 0 bridgehead atoms. The highest BCUT2D eigenvalue weighted by Gasteiger charge is 2.30. The summed E-state index contributed by atoms with van der Waals surface area (Å²) in [5.41, 5.74) is 4.69. The molecule has 1 aliphatic carbocycles. The monoisotopic (exact) mass is 497 g/mol. The molecule has 35 heavy (non-hydrogen) atoms. The number of nitrogens with zero attached hydrogens (tertiary/aromatic N) is 4. The molecule has 8 nitrogen and oxygen atoms in total. The minimum atomic E-state index is -3.64. The molecule has 0 radical (unpaired) electrons. The molecule has 184 valence electrons. The van der Waals surface area contributed by atoms with Crippen LogP contribution in [0.4, 0.5) is 15.9 Å². The van der Waals surface area contributed by atoms with E-state index in [0.29, 0.717) is 25.3 Å². The number of hydrogen-bond donors (Lipinski definition) is 1. The third-order valence-corrected chi connectivity index (χ3v) is 7.10. The van der Waals surface area contributed by atoms with Crippen molar-refractivity contribution < 1.29 is 17.5 Å². The molecule has 0 amide bonds. The first kappa shape index (κ1) is 23.5. The van der Waals surface area contributed by atoms with Gasteiger partial charge in [-0.05, 0) is 48.4 Å². The topological polar surface area (TPSA) is 97.3 Å². The average molecular weight is 498 g/mol. The Morgan fingerprint density at radius 1 is 1.14 bits per heavy atom. The first-order valence-electron chi connectivity index (χ1n) is 11.6. The number of anilines is 2. The van der Waals surface area contributed by atoms with Crippen LogP contribution < -0.4 is 14.4 Å². The summed E-state index contributed by atoms with van der Waals surface area (Å²) >= 11 is 0. The van der Waals surface area contributed by atoms with Gasteiger partial charge in [0.15, 0.2) is 0 Å². The summed E-state index contributed by atoms with van der Waals surface area (Å²) in [6, 6.07) is 7.18. The first-order chi connectivity index (χ1) is 16.6. The van der Waals surface area contributed by atoms with Crippen molar-refractivity contribution in [2.45, 2.75) is 39.7 Å². The summed E-state index contributed by atoms with van der Waals surface area (Å²) in [5.74, 6) is 0.858. The second kappa shape index (κ2) is 8.75. The number of halogens is 1. The van der Waals surface area contributed by atoms with Crippen molar-refractivity contribution in [1.82, 2.24) is 15.0 Å². The summed E-state index contributed by atoms with van der Waals surface area (Å²) in [6.07, 6.45) is 7.00. The van der Waals surface area contributed by atoms with E-state index in [1.807, 2.05) is 18.2 Å². The number of nitrogens with one attached hydrogen (secondary N) is 1. The lowest BCUT2D eigenvalue weighted by molar-refractivity contribution is 0.310. The molecule has 1 N–H and O–H groups in total. The highest BCUT2D eigenvalue weighted by molar-refractivity contribution is 7.92. The largest absolute Gasteiger partial charge is 0.491 e. The predicted octanol–water partition coefficient (Wildman–Crippen LogP) is 3.96. The lowest BCUT2D eigenvalue weighted by atomic mass is 9.76. The molecule has 0 saturated heterocycles. The Bertz CT molecular complexity index is 1390. The fourth-order valence-corrected chi connectivity index (χ4v) is 5.31. The molecule has 2 aliphatic rings. The number of aromatic nitrogens is 3. The molecular formula is C25H28FN5O3S. The summed E-state index contributed by atoms with van der Waals surface area (Å²) in [5, 5.41) is 0. The van der Waals surface area contributed by atoms with Gasteiger partial charge >= 0.3 is 0 Å². The van der Waals surface area contributed by atoms with E-state index < -0.39 is 16.0 Å². The molecule has 3 heterocycles. The van der Waals surface area contributed by atoms with Crippen LogP contribution in [0, 0.1) is 11.4 Å². The van der Waals surface area contributed by atoms with E-state index in [1.54, 1.807) is 6.33 Å². The smallest absolute Gasteiger partial charge is 0.237 e. The lowest BCUT2D eigenvalue weighted by Crippen LogP contribution is -2.31. The van der Waals surface area contributed by atoms with Gasteiger partial charge in [-0.15, -0.1) is 0 Å². The fourth-order valence-electron chi connectivity index (χ4n) is 4.76. The molecule has 0 unspecified atom stereocenters. The van der Waals surface area contributed by atoms with Gasteiger partial charge in [-0.1, -0.05) is 19.9 Å². The normalized spacial score (nSPS) is 17.1. The van der Waals surface area contributed by atoms with E-state index in [4.69, 9.17) is 4.74 Å². The number of rotatable bonds is 4. The molecule has 1 aromatic carbocycles. The number of fused-ring (bicyclic) bond motifs is 2. The van der Waals surface area contributed by atoms with E-state index in [2.05, 4.69) is 38.4 Å². The van der Waals surface area contributed by atoms with Crippen molar-refractivity contribution in [2.24, 2.45) is 5.41 Å². The van der Waals surface area contributed by atoms with Crippen molar-refractivity contribution >= 4 is 21.5 Å². The van der Waals surface area contributed by atoms with E-state index in [1.165, 1.54) is 17.8 Å². The number of sulfonamides is 1. The maximum Gasteiger partial charge on any atom is 0.237 e. The molecule has 0 fully saturated rings. The Balaban J connectivity index is 1.49. The molecule has 0 atom stereocenters. The summed E-state index contributed by atoms with van der Waals surface area (Å²) < 4.78 is 45.5. The summed E-state index contributed by atoms with van der Waals surface area (Å²) in [7, 11) is -3.64. The predicted molar refractivity (Wildman–Crippen MR) is 132 cm³/mol. The number of ether oxygens (including phenoxy) is 1. The Morgan fingerprint density at radius 2 is 1.97 bits per heavy atom. The molecular weight excluding hydrogens is 469 g/mol. The van der Waals surface area contributed by atoms with Crippen LogP contribution in [0.2, 0.25) is 0 Å². The molecule has 10 heteroatoms. The van der Waals surface area contributed by atoms with Crippen molar-refractivity contribution in [3.63, 3.8) is 0 Å². The molecule has 0 spiro atoms. The van der Waals surface area contributed by atoms with Crippen molar-refractivity contribution in [3.8, 4) is 16.9 Å². The van der Waals surface area contributed by atoms with Crippen LogP contribution in [0.3, 0.4) is 0 Å². The number of pyridine rings is 1. The Hall–Kier alpha value is -3.27. The number of hydrogen-bond acceptors (Lipinski definition) is 7.